The van der Waals surface area contributed by atoms with Gasteiger partial charge < -0.3 is 10.4 Å². The quantitative estimate of drug-likeness (QED) is 0.166. The molecule has 0 aromatic heterocycles. The number of phenols is 1. The van der Waals surface area contributed by atoms with E-state index in [1.54, 1.807) is 6.07 Å². The standard InChI is InChI=1S/C39H33BrN2O2/c1-26(31-21-32(33-14-8-9-15-37(33)43)22-34-35(40)25-41-36(34)23-31)20-27-16-18-28(19-17-27)24-42-39(44)38(29-10-4-2-5-11-29)30-12-6-3-7-13-30/h2-19,21-23,25-26,38,43H,20,24H2,1H3,(H,42,44). The number of carbonyl (C=O) groups is 1. The minimum atomic E-state index is -0.364. The zero-order valence-corrected chi connectivity index (χ0v) is 26.0. The van der Waals surface area contributed by atoms with Gasteiger partial charge in [-0.15, -0.1) is 0 Å². The lowest BCUT2D eigenvalue weighted by Gasteiger charge is -2.18. The van der Waals surface area contributed by atoms with Crippen LogP contribution < -0.4 is 5.32 Å². The topological polar surface area (TPSA) is 62.2 Å². The molecule has 0 radical (unpaired) electrons. The molecule has 0 saturated heterocycles. The summed E-state index contributed by atoms with van der Waals surface area (Å²) in [5.74, 6) is 0.0733. The van der Waals surface area contributed by atoms with Crippen LogP contribution in [-0.4, -0.2) is 16.0 Å². The molecule has 6 rings (SSSR count). The first kappa shape index (κ1) is 29.3. The molecule has 2 N–H and O–H groups in total. The maximum atomic E-state index is 13.4. The minimum absolute atomic E-state index is 0.0172. The first-order chi connectivity index (χ1) is 21.5. The SMILES string of the molecule is CC(Cc1ccc(CNC(=O)C(c2ccccc2)c2ccccc2)cc1)c1cc(-c2ccccc2O)cc2c(Br)cnc-2c1. The molecule has 44 heavy (non-hydrogen) atoms. The highest BCUT2D eigenvalue weighted by atomic mass is 79.9. The largest absolute Gasteiger partial charge is 0.507 e. The van der Waals surface area contributed by atoms with E-state index in [2.05, 4.69) is 75.6 Å². The number of phenolic OH excluding ortho intramolecular Hbond substituents is 1. The Labute approximate surface area is 266 Å². The Kier molecular flexibility index (Phi) is 8.85. The molecule has 2 aliphatic rings. The van der Waals surface area contributed by atoms with E-state index < -0.39 is 0 Å². The molecule has 4 aromatic carbocycles. The van der Waals surface area contributed by atoms with Crippen LogP contribution in [-0.2, 0) is 17.8 Å². The molecule has 0 bridgehead atoms. The van der Waals surface area contributed by atoms with Crippen molar-refractivity contribution in [1.29, 1.82) is 0 Å². The Hall–Kier alpha value is -4.74. The Bertz CT molecular complexity index is 1800. The number of hydrogen-bond donors (Lipinski definition) is 2. The van der Waals surface area contributed by atoms with E-state index in [0.29, 0.717) is 6.54 Å². The van der Waals surface area contributed by atoms with E-state index in [4.69, 9.17) is 0 Å². The lowest BCUT2D eigenvalue weighted by atomic mass is 9.90. The first-order valence-corrected chi connectivity index (χ1v) is 15.6. The van der Waals surface area contributed by atoms with Gasteiger partial charge in [0.15, 0.2) is 0 Å². The minimum Gasteiger partial charge on any atom is -0.507 e. The highest BCUT2D eigenvalue weighted by Crippen LogP contribution is 2.38. The number of carbonyl (C=O) groups excluding carboxylic acids is 1. The van der Waals surface area contributed by atoms with Crippen molar-refractivity contribution in [3.63, 3.8) is 0 Å². The average Bonchev–Trinajstić information content (AvgIpc) is 3.26. The first-order valence-electron chi connectivity index (χ1n) is 14.8. The predicted octanol–water partition coefficient (Wildman–Crippen LogP) is 9.12. The van der Waals surface area contributed by atoms with E-state index in [9.17, 15) is 9.90 Å². The molecule has 1 aliphatic heterocycles. The third-order valence-electron chi connectivity index (χ3n) is 8.12. The van der Waals surface area contributed by atoms with E-state index in [0.717, 1.165) is 55.5 Å². The number of hydrogen-bond acceptors (Lipinski definition) is 3. The number of halogens is 1. The van der Waals surface area contributed by atoms with Gasteiger partial charge in [-0.25, -0.2) is 0 Å². The molecule has 1 atom stereocenters. The summed E-state index contributed by atoms with van der Waals surface area (Å²) in [6, 6.07) is 42.1. The Balaban J connectivity index is 1.17. The summed E-state index contributed by atoms with van der Waals surface area (Å²) < 4.78 is 0.931. The van der Waals surface area contributed by atoms with Gasteiger partial charge in [-0.05, 0) is 79.8 Å². The lowest BCUT2D eigenvalue weighted by Crippen LogP contribution is -2.29. The maximum Gasteiger partial charge on any atom is 0.232 e. The summed E-state index contributed by atoms with van der Waals surface area (Å²) in [4.78, 5) is 18.0. The number of aromatic hydroxyl groups is 1. The van der Waals surface area contributed by atoms with E-state index >= 15 is 0 Å². The molecule has 1 heterocycles. The Morgan fingerprint density at radius 3 is 2.02 bits per heavy atom. The molecule has 218 valence electrons. The van der Waals surface area contributed by atoms with Crippen LogP contribution in [0.3, 0.4) is 0 Å². The van der Waals surface area contributed by atoms with Crippen molar-refractivity contribution in [3.8, 4) is 28.1 Å². The van der Waals surface area contributed by atoms with Gasteiger partial charge in [-0.3, -0.25) is 9.78 Å². The smallest absolute Gasteiger partial charge is 0.232 e. The summed E-state index contributed by atoms with van der Waals surface area (Å²) in [6.07, 6.45) is 2.66. The van der Waals surface area contributed by atoms with E-state index in [1.165, 1.54) is 5.56 Å². The van der Waals surface area contributed by atoms with Crippen molar-refractivity contribution < 1.29 is 9.90 Å². The number of benzene rings is 4. The number of aromatic nitrogens is 1. The third kappa shape index (κ3) is 6.58. The van der Waals surface area contributed by atoms with Crippen molar-refractivity contribution >= 4 is 21.8 Å². The highest BCUT2D eigenvalue weighted by molar-refractivity contribution is 9.10. The van der Waals surface area contributed by atoms with Crippen molar-refractivity contribution in [1.82, 2.24) is 10.3 Å². The second-order valence-electron chi connectivity index (χ2n) is 11.2. The lowest BCUT2D eigenvalue weighted by molar-refractivity contribution is -0.121. The summed E-state index contributed by atoms with van der Waals surface area (Å²) in [5.41, 5.74) is 9.02. The summed E-state index contributed by atoms with van der Waals surface area (Å²) >= 11 is 3.64. The number of nitrogens with zero attached hydrogens (tertiary/aromatic N) is 1. The molecule has 1 aliphatic carbocycles. The van der Waals surface area contributed by atoms with Gasteiger partial charge in [-0.2, -0.15) is 0 Å². The molecule has 4 nitrogen and oxygen atoms in total. The van der Waals surface area contributed by atoms with E-state index in [1.807, 2.05) is 85.1 Å². The fourth-order valence-electron chi connectivity index (χ4n) is 5.72. The number of rotatable bonds is 9. The van der Waals surface area contributed by atoms with Gasteiger partial charge in [-0.1, -0.05) is 116 Å². The number of para-hydroxylation sites is 1. The second-order valence-corrected chi connectivity index (χ2v) is 12.1. The average molecular weight is 642 g/mol. The molecule has 0 fully saturated rings. The zero-order valence-electron chi connectivity index (χ0n) is 24.5. The van der Waals surface area contributed by atoms with Crippen LogP contribution in [0.2, 0.25) is 0 Å². The van der Waals surface area contributed by atoms with Gasteiger partial charge >= 0.3 is 0 Å². The summed E-state index contributed by atoms with van der Waals surface area (Å²) in [6.45, 7) is 2.67. The number of amides is 1. The molecule has 0 spiro atoms. The van der Waals surface area contributed by atoms with Crippen molar-refractivity contribution in [2.45, 2.75) is 31.7 Å². The molecule has 1 unspecified atom stereocenters. The summed E-state index contributed by atoms with van der Waals surface area (Å²) in [7, 11) is 0. The Morgan fingerprint density at radius 1 is 0.750 bits per heavy atom. The van der Waals surface area contributed by atoms with Crippen LogP contribution in [0.5, 0.6) is 5.75 Å². The van der Waals surface area contributed by atoms with Crippen LogP contribution in [0.4, 0.5) is 0 Å². The van der Waals surface area contributed by atoms with Crippen LogP contribution in [0.15, 0.2) is 138 Å². The molecule has 0 saturated carbocycles. The number of nitrogens with one attached hydrogen (secondary N) is 1. The van der Waals surface area contributed by atoms with Crippen molar-refractivity contribution in [3.05, 3.63) is 166 Å². The third-order valence-corrected chi connectivity index (χ3v) is 8.75. The monoisotopic (exact) mass is 640 g/mol. The fraction of sp³-hybridized carbons (Fsp3) is 0.128. The maximum absolute atomic E-state index is 13.4. The molecule has 5 heteroatoms. The van der Waals surface area contributed by atoms with Crippen LogP contribution in [0.1, 0.15) is 46.6 Å². The van der Waals surface area contributed by atoms with Gasteiger partial charge in [0.25, 0.3) is 0 Å². The van der Waals surface area contributed by atoms with Crippen molar-refractivity contribution in [2.75, 3.05) is 0 Å². The fourth-order valence-corrected chi connectivity index (χ4v) is 6.14. The Morgan fingerprint density at radius 2 is 1.36 bits per heavy atom. The molecule has 4 aromatic rings. The number of fused-ring (bicyclic) bond motifs is 1. The van der Waals surface area contributed by atoms with Gasteiger partial charge in [0.05, 0.1) is 11.6 Å². The molecule has 1 amide bonds. The molecular weight excluding hydrogens is 608 g/mol. The van der Waals surface area contributed by atoms with Crippen LogP contribution in [0, 0.1) is 0 Å². The van der Waals surface area contributed by atoms with Gasteiger partial charge in [0.1, 0.15) is 5.75 Å². The van der Waals surface area contributed by atoms with Crippen molar-refractivity contribution in [2.24, 2.45) is 0 Å². The van der Waals surface area contributed by atoms with Gasteiger partial charge in [0, 0.05) is 28.3 Å². The van der Waals surface area contributed by atoms with Crippen LogP contribution >= 0.6 is 15.9 Å². The predicted molar refractivity (Wildman–Crippen MR) is 181 cm³/mol. The van der Waals surface area contributed by atoms with Gasteiger partial charge in [0.2, 0.25) is 5.91 Å². The zero-order chi connectivity index (χ0) is 30.5. The normalized spacial score (nSPS) is 11.9. The summed E-state index contributed by atoms with van der Waals surface area (Å²) in [5, 5.41) is 13.8. The highest BCUT2D eigenvalue weighted by Gasteiger charge is 2.22. The second kappa shape index (κ2) is 13.3. The van der Waals surface area contributed by atoms with E-state index in [-0.39, 0.29) is 23.5 Å². The van der Waals surface area contributed by atoms with Crippen LogP contribution in [0.25, 0.3) is 22.4 Å². The molecular formula is C39H33BrN2O2.